The monoisotopic (exact) mass is 470 g/mol. The van der Waals surface area contributed by atoms with Gasteiger partial charge < -0.3 is 4.74 Å². The van der Waals surface area contributed by atoms with Gasteiger partial charge in [0.15, 0.2) is 5.82 Å². The summed E-state index contributed by atoms with van der Waals surface area (Å²) in [7, 11) is -2.18. The van der Waals surface area contributed by atoms with Crippen LogP contribution in [0.5, 0.6) is 5.75 Å². The number of sulfone groups is 1. The lowest BCUT2D eigenvalue weighted by Gasteiger charge is -2.14. The molecule has 8 nitrogen and oxygen atoms in total. The number of pyridine rings is 1. The molecule has 158 valence electrons. The van der Waals surface area contributed by atoms with Crippen LogP contribution in [0.1, 0.15) is 23.0 Å². The minimum absolute atomic E-state index is 0.00663. The molecule has 0 radical (unpaired) electrons. The third-order valence-corrected chi connectivity index (χ3v) is 7.42. The molecule has 0 saturated carbocycles. The first-order valence-electron chi connectivity index (χ1n) is 8.54. The molecule has 0 saturated heterocycles. The number of benzene rings is 1. The lowest BCUT2D eigenvalue weighted by Crippen LogP contribution is -2.14. The number of amides is 1. The van der Waals surface area contributed by atoms with Crippen LogP contribution < -0.4 is 10.1 Å². The lowest BCUT2D eigenvalue weighted by molar-refractivity contribution is 0.102. The molecule has 2 aromatic heterocycles. The van der Waals surface area contributed by atoms with Crippen LogP contribution >= 0.6 is 22.9 Å². The summed E-state index contributed by atoms with van der Waals surface area (Å²) < 4.78 is 43.7. The van der Waals surface area contributed by atoms with Crippen molar-refractivity contribution in [1.82, 2.24) is 15.2 Å². The van der Waals surface area contributed by atoms with Crippen LogP contribution in [-0.4, -0.2) is 42.4 Å². The number of nitrogens with zero attached hydrogens (tertiary/aromatic N) is 3. The molecular formula is C18H16ClFN4O4S2. The zero-order valence-electron chi connectivity index (χ0n) is 16.1. The Morgan fingerprint density at radius 3 is 2.73 bits per heavy atom. The molecule has 0 aliphatic rings. The average Bonchev–Trinajstić information content (AvgIpc) is 3.19. The zero-order valence-corrected chi connectivity index (χ0v) is 18.5. The predicted octanol–water partition coefficient (Wildman–Crippen LogP) is 3.76. The Hall–Kier alpha value is -2.63. The van der Waals surface area contributed by atoms with Gasteiger partial charge in [-0.15, -0.1) is 10.2 Å². The van der Waals surface area contributed by atoms with E-state index in [4.69, 9.17) is 16.3 Å². The third-order valence-electron chi connectivity index (χ3n) is 4.10. The highest BCUT2D eigenvalue weighted by Gasteiger charge is 2.24. The number of carbonyl (C=O) groups excluding carboxylic acids is 1. The highest BCUT2D eigenvalue weighted by molar-refractivity contribution is 7.93. The van der Waals surface area contributed by atoms with Crippen LogP contribution in [-0.2, 0) is 9.84 Å². The number of methoxy groups -OCH3 is 1. The predicted molar refractivity (Wildman–Crippen MR) is 112 cm³/mol. The van der Waals surface area contributed by atoms with Crippen LogP contribution in [0, 0.1) is 12.7 Å². The first-order valence-corrected chi connectivity index (χ1v) is 11.4. The maximum atomic E-state index is 14.9. The van der Waals surface area contributed by atoms with E-state index >= 15 is 0 Å². The molecule has 1 aromatic carbocycles. The van der Waals surface area contributed by atoms with Gasteiger partial charge in [-0.3, -0.25) is 15.1 Å². The molecule has 3 aromatic rings. The summed E-state index contributed by atoms with van der Waals surface area (Å²) in [5, 5.41) is 9.63. The summed E-state index contributed by atoms with van der Waals surface area (Å²) >= 11 is 6.66. The fraction of sp³-hybridized carbons (Fsp3) is 0.222. The topological polar surface area (TPSA) is 111 Å². The Bertz CT molecular complexity index is 1230. The van der Waals surface area contributed by atoms with E-state index in [0.29, 0.717) is 5.69 Å². The first kappa shape index (κ1) is 22.1. The Morgan fingerprint density at radius 2 is 2.07 bits per heavy atom. The summed E-state index contributed by atoms with van der Waals surface area (Å²) in [5.74, 6) is -1.38. The van der Waals surface area contributed by atoms with Crippen LogP contribution in [0.25, 0.3) is 11.1 Å². The molecule has 1 N–H and O–H groups in total. The SMILES string of the molecule is CCS(=O)(=O)c1nnc(NC(=O)c2cnc(C)cc2-c2c(OC)ccc(Cl)c2F)s1. The number of ether oxygens (including phenoxy) is 1. The van der Waals surface area contributed by atoms with Gasteiger partial charge in [0.1, 0.15) is 5.75 Å². The van der Waals surface area contributed by atoms with Gasteiger partial charge in [0.05, 0.1) is 29.0 Å². The third kappa shape index (κ3) is 4.27. The van der Waals surface area contributed by atoms with Crippen molar-refractivity contribution in [2.45, 2.75) is 18.2 Å². The normalized spacial score (nSPS) is 11.4. The molecule has 30 heavy (non-hydrogen) atoms. The minimum Gasteiger partial charge on any atom is -0.496 e. The molecule has 0 unspecified atom stereocenters. The molecule has 2 heterocycles. The second-order valence-corrected chi connectivity index (χ2v) is 9.88. The standard InChI is InChI=1S/C18H16ClFN4O4S2/c1-4-30(26,27)18-24-23-17(29-18)22-16(25)11-8-21-9(2)7-10(11)14-13(28-3)6-5-12(19)15(14)20/h5-8H,4H2,1-3H3,(H,22,23,25). The second-order valence-electron chi connectivity index (χ2n) is 6.04. The molecule has 0 aliphatic carbocycles. The highest BCUT2D eigenvalue weighted by Crippen LogP contribution is 2.38. The van der Waals surface area contributed by atoms with E-state index in [9.17, 15) is 17.6 Å². The number of halogens is 2. The Labute approximate surface area is 181 Å². The van der Waals surface area contributed by atoms with Crippen molar-refractivity contribution in [3.05, 3.63) is 46.5 Å². The summed E-state index contributed by atoms with van der Waals surface area (Å²) in [4.78, 5) is 17.0. The molecule has 3 rings (SSSR count). The summed E-state index contributed by atoms with van der Waals surface area (Å²) in [6.07, 6.45) is 1.28. The average molecular weight is 471 g/mol. The van der Waals surface area contributed by atoms with Gasteiger partial charge in [0.2, 0.25) is 19.3 Å². The Morgan fingerprint density at radius 1 is 1.33 bits per heavy atom. The van der Waals surface area contributed by atoms with Crippen molar-refractivity contribution in [3.63, 3.8) is 0 Å². The molecule has 12 heteroatoms. The van der Waals surface area contributed by atoms with Crippen molar-refractivity contribution in [2.24, 2.45) is 0 Å². The van der Waals surface area contributed by atoms with Gasteiger partial charge in [-0.25, -0.2) is 12.8 Å². The van der Waals surface area contributed by atoms with E-state index in [1.54, 1.807) is 6.92 Å². The summed E-state index contributed by atoms with van der Waals surface area (Å²) in [5.41, 5.74) is 0.778. The number of hydrogen-bond acceptors (Lipinski definition) is 8. The summed E-state index contributed by atoms with van der Waals surface area (Å²) in [6.45, 7) is 3.17. The van der Waals surface area contributed by atoms with Gasteiger partial charge in [-0.2, -0.15) is 0 Å². The number of carbonyl (C=O) groups is 1. The molecule has 0 fully saturated rings. The molecule has 0 spiro atoms. The van der Waals surface area contributed by atoms with Crippen molar-refractivity contribution in [2.75, 3.05) is 18.2 Å². The smallest absolute Gasteiger partial charge is 0.259 e. The van der Waals surface area contributed by atoms with Crippen LogP contribution in [0.15, 0.2) is 28.7 Å². The zero-order chi connectivity index (χ0) is 22.1. The van der Waals surface area contributed by atoms with Gasteiger partial charge >= 0.3 is 0 Å². The first-order chi connectivity index (χ1) is 14.2. The van der Waals surface area contributed by atoms with Crippen molar-refractivity contribution >= 4 is 43.8 Å². The van der Waals surface area contributed by atoms with Gasteiger partial charge in [-0.05, 0) is 25.1 Å². The van der Waals surface area contributed by atoms with Crippen molar-refractivity contribution < 1.29 is 22.3 Å². The fourth-order valence-corrected chi connectivity index (χ4v) is 4.72. The highest BCUT2D eigenvalue weighted by atomic mass is 35.5. The van der Waals surface area contributed by atoms with Crippen LogP contribution in [0.4, 0.5) is 9.52 Å². The van der Waals surface area contributed by atoms with Gasteiger partial charge in [0, 0.05) is 17.5 Å². The Kier molecular flexibility index (Phi) is 6.34. The number of hydrogen-bond donors (Lipinski definition) is 1. The van der Waals surface area contributed by atoms with E-state index in [0.717, 1.165) is 11.3 Å². The Balaban J connectivity index is 2.05. The van der Waals surface area contributed by atoms with Crippen LogP contribution in [0.2, 0.25) is 5.02 Å². The number of nitrogens with one attached hydrogen (secondary N) is 1. The summed E-state index contributed by atoms with van der Waals surface area (Å²) in [6, 6.07) is 4.37. The molecule has 1 amide bonds. The fourth-order valence-electron chi connectivity index (χ4n) is 2.58. The van der Waals surface area contributed by atoms with Gasteiger partial charge in [0.25, 0.3) is 5.91 Å². The van der Waals surface area contributed by atoms with Crippen molar-refractivity contribution in [1.29, 1.82) is 0 Å². The number of anilines is 1. The molecule has 0 atom stereocenters. The largest absolute Gasteiger partial charge is 0.496 e. The maximum Gasteiger partial charge on any atom is 0.259 e. The molecule has 0 aliphatic heterocycles. The molecular weight excluding hydrogens is 455 g/mol. The van der Waals surface area contributed by atoms with Crippen LogP contribution in [0.3, 0.4) is 0 Å². The van der Waals surface area contributed by atoms with Gasteiger partial charge in [-0.1, -0.05) is 29.9 Å². The lowest BCUT2D eigenvalue weighted by atomic mass is 9.98. The number of aromatic nitrogens is 3. The van der Waals surface area contributed by atoms with E-state index < -0.39 is 21.6 Å². The van der Waals surface area contributed by atoms with E-state index in [1.807, 2.05) is 0 Å². The van der Waals surface area contributed by atoms with E-state index in [2.05, 4.69) is 20.5 Å². The molecule has 0 bridgehead atoms. The van der Waals surface area contributed by atoms with E-state index in [-0.39, 0.29) is 42.7 Å². The number of rotatable bonds is 6. The minimum atomic E-state index is -3.55. The quantitative estimate of drug-likeness (QED) is 0.546. The van der Waals surface area contributed by atoms with E-state index in [1.165, 1.54) is 38.4 Å². The maximum absolute atomic E-state index is 14.9. The second kappa shape index (κ2) is 8.62. The van der Waals surface area contributed by atoms with Crippen molar-refractivity contribution in [3.8, 4) is 16.9 Å². The number of aryl methyl sites for hydroxylation is 1.